The molecule has 0 bridgehead atoms. The van der Waals surface area contributed by atoms with Crippen molar-refractivity contribution in [2.24, 2.45) is 0 Å². The number of hydrogen-bond donors (Lipinski definition) is 1. The number of ether oxygens (including phenoxy) is 2. The first-order valence-electron chi connectivity index (χ1n) is 6.23. The number of rotatable bonds is 4. The summed E-state index contributed by atoms with van der Waals surface area (Å²) in [5.41, 5.74) is 0.629. The van der Waals surface area contributed by atoms with Crippen LogP contribution in [-0.4, -0.2) is 50.4 Å². The Morgan fingerprint density at radius 3 is 2.95 bits per heavy atom. The monoisotopic (exact) mass is 284 g/mol. The van der Waals surface area contributed by atoms with Crippen LogP contribution in [0.1, 0.15) is 0 Å². The molecule has 0 aliphatic carbocycles. The lowest BCUT2D eigenvalue weighted by Crippen LogP contribution is -2.38. The van der Waals surface area contributed by atoms with E-state index in [0.29, 0.717) is 17.3 Å². The molecule has 1 N–H and O–H groups in total. The number of nitrogens with one attached hydrogen (secondary N) is 1. The third kappa shape index (κ3) is 5.06. The highest BCUT2D eigenvalue weighted by molar-refractivity contribution is 6.30. The highest BCUT2D eigenvalue weighted by Gasteiger charge is 2.11. The molecule has 0 aromatic heterocycles. The largest absolute Gasteiger partial charge is 0.448 e. The average Bonchev–Trinajstić information content (AvgIpc) is 2.40. The van der Waals surface area contributed by atoms with E-state index >= 15 is 0 Å². The van der Waals surface area contributed by atoms with E-state index < -0.39 is 6.09 Å². The molecule has 1 saturated heterocycles. The van der Waals surface area contributed by atoms with Crippen molar-refractivity contribution in [1.29, 1.82) is 0 Å². The second kappa shape index (κ2) is 7.33. The molecule has 0 unspecified atom stereocenters. The van der Waals surface area contributed by atoms with E-state index in [1.54, 1.807) is 24.3 Å². The van der Waals surface area contributed by atoms with E-state index in [-0.39, 0.29) is 0 Å². The van der Waals surface area contributed by atoms with Crippen LogP contribution in [0.3, 0.4) is 0 Å². The van der Waals surface area contributed by atoms with Crippen molar-refractivity contribution in [1.82, 2.24) is 4.90 Å². The van der Waals surface area contributed by atoms with Gasteiger partial charge in [-0.3, -0.25) is 10.2 Å². The molecule has 1 aromatic carbocycles. The van der Waals surface area contributed by atoms with Gasteiger partial charge in [0.1, 0.15) is 6.61 Å². The summed E-state index contributed by atoms with van der Waals surface area (Å²) in [6, 6.07) is 6.95. The Bertz CT molecular complexity index is 422. The Morgan fingerprint density at radius 1 is 1.42 bits per heavy atom. The van der Waals surface area contributed by atoms with E-state index in [9.17, 15) is 4.79 Å². The van der Waals surface area contributed by atoms with E-state index in [1.165, 1.54) is 0 Å². The maximum Gasteiger partial charge on any atom is 0.411 e. The number of morpholine rings is 1. The van der Waals surface area contributed by atoms with Crippen LogP contribution in [-0.2, 0) is 9.47 Å². The number of anilines is 1. The standard InChI is InChI=1S/C13H17ClN2O3/c14-11-2-1-3-12(10-11)15-13(17)19-9-6-16-4-7-18-8-5-16/h1-3,10H,4-9H2,(H,15,17). The summed E-state index contributed by atoms with van der Waals surface area (Å²) < 4.78 is 10.4. The fraction of sp³-hybridized carbons (Fsp3) is 0.462. The van der Waals surface area contributed by atoms with Crippen LogP contribution in [0.25, 0.3) is 0 Å². The molecule has 0 radical (unpaired) electrons. The van der Waals surface area contributed by atoms with E-state index in [0.717, 1.165) is 32.8 Å². The zero-order chi connectivity index (χ0) is 13.5. The molecule has 1 heterocycles. The van der Waals surface area contributed by atoms with Crippen molar-refractivity contribution in [2.75, 3.05) is 44.8 Å². The van der Waals surface area contributed by atoms with Gasteiger partial charge in [-0.15, -0.1) is 0 Å². The molecule has 0 spiro atoms. The maximum absolute atomic E-state index is 11.5. The number of carbonyl (C=O) groups excluding carboxylic acids is 1. The van der Waals surface area contributed by atoms with Crippen LogP contribution in [0, 0.1) is 0 Å². The summed E-state index contributed by atoms with van der Waals surface area (Å²) in [6.07, 6.45) is -0.462. The summed E-state index contributed by atoms with van der Waals surface area (Å²) in [6.45, 7) is 4.36. The predicted octanol–water partition coefficient (Wildman–Crippen LogP) is 2.22. The van der Waals surface area contributed by atoms with Gasteiger partial charge in [0.25, 0.3) is 0 Å². The number of halogens is 1. The fourth-order valence-electron chi connectivity index (χ4n) is 1.81. The SMILES string of the molecule is O=C(Nc1cccc(Cl)c1)OCCN1CCOCC1. The summed E-state index contributed by atoms with van der Waals surface area (Å²) >= 11 is 5.82. The predicted molar refractivity (Wildman–Crippen MR) is 73.7 cm³/mol. The van der Waals surface area contributed by atoms with E-state index in [1.807, 2.05) is 0 Å². The van der Waals surface area contributed by atoms with Crippen molar-refractivity contribution < 1.29 is 14.3 Å². The number of nitrogens with zero attached hydrogens (tertiary/aromatic N) is 1. The molecule has 5 nitrogen and oxygen atoms in total. The molecule has 1 aromatic rings. The zero-order valence-electron chi connectivity index (χ0n) is 10.6. The highest BCUT2D eigenvalue weighted by Crippen LogP contribution is 2.14. The van der Waals surface area contributed by atoms with Crippen LogP contribution >= 0.6 is 11.6 Å². The molecule has 0 atom stereocenters. The topological polar surface area (TPSA) is 50.8 Å². The van der Waals surface area contributed by atoms with Crippen LogP contribution in [0.4, 0.5) is 10.5 Å². The molecule has 1 aliphatic rings. The first kappa shape index (κ1) is 14.1. The third-order valence-corrected chi connectivity index (χ3v) is 3.05. The Hall–Kier alpha value is -1.30. The van der Waals surface area contributed by atoms with Crippen molar-refractivity contribution in [3.05, 3.63) is 29.3 Å². The van der Waals surface area contributed by atoms with Gasteiger partial charge in [-0.25, -0.2) is 4.79 Å². The smallest absolute Gasteiger partial charge is 0.411 e. The minimum atomic E-state index is -0.462. The van der Waals surface area contributed by atoms with Crippen molar-refractivity contribution in [2.45, 2.75) is 0 Å². The number of amides is 1. The van der Waals surface area contributed by atoms with Gasteiger partial charge in [0.2, 0.25) is 0 Å². The Morgan fingerprint density at radius 2 is 2.21 bits per heavy atom. The Balaban J connectivity index is 1.67. The third-order valence-electron chi connectivity index (χ3n) is 2.82. The zero-order valence-corrected chi connectivity index (χ0v) is 11.4. The quantitative estimate of drug-likeness (QED) is 0.921. The molecule has 1 amide bonds. The highest BCUT2D eigenvalue weighted by atomic mass is 35.5. The lowest BCUT2D eigenvalue weighted by molar-refractivity contribution is 0.0290. The van der Waals surface area contributed by atoms with Gasteiger partial charge >= 0.3 is 6.09 Å². The molecule has 1 fully saturated rings. The van der Waals surface area contributed by atoms with Gasteiger partial charge in [0.15, 0.2) is 0 Å². The summed E-state index contributed by atoms with van der Waals surface area (Å²) in [5.74, 6) is 0. The molecular formula is C13H17ClN2O3. The minimum absolute atomic E-state index is 0.367. The molecule has 19 heavy (non-hydrogen) atoms. The first-order valence-corrected chi connectivity index (χ1v) is 6.61. The van der Waals surface area contributed by atoms with E-state index in [2.05, 4.69) is 10.2 Å². The summed E-state index contributed by atoms with van der Waals surface area (Å²) in [4.78, 5) is 13.8. The lowest BCUT2D eigenvalue weighted by Gasteiger charge is -2.26. The van der Waals surface area contributed by atoms with Crippen LogP contribution in [0.2, 0.25) is 5.02 Å². The number of benzene rings is 1. The number of hydrogen-bond acceptors (Lipinski definition) is 4. The van der Waals surface area contributed by atoms with Crippen molar-refractivity contribution >= 4 is 23.4 Å². The van der Waals surface area contributed by atoms with Gasteiger partial charge in [-0.05, 0) is 18.2 Å². The minimum Gasteiger partial charge on any atom is -0.448 e. The van der Waals surface area contributed by atoms with Crippen molar-refractivity contribution in [3.63, 3.8) is 0 Å². The van der Waals surface area contributed by atoms with E-state index in [4.69, 9.17) is 21.1 Å². The maximum atomic E-state index is 11.5. The molecule has 2 rings (SSSR count). The molecule has 1 aliphatic heterocycles. The Kier molecular flexibility index (Phi) is 5.44. The lowest BCUT2D eigenvalue weighted by atomic mass is 10.3. The van der Waals surface area contributed by atoms with Gasteiger partial charge < -0.3 is 9.47 Å². The van der Waals surface area contributed by atoms with Crippen molar-refractivity contribution in [3.8, 4) is 0 Å². The van der Waals surface area contributed by atoms with Crippen LogP contribution in [0.5, 0.6) is 0 Å². The molecule has 0 saturated carbocycles. The normalized spacial score (nSPS) is 16.1. The summed E-state index contributed by atoms with van der Waals surface area (Å²) in [5, 5.41) is 3.21. The second-order valence-corrected chi connectivity index (χ2v) is 4.66. The van der Waals surface area contributed by atoms with Gasteiger partial charge in [-0.2, -0.15) is 0 Å². The molecule has 104 valence electrons. The Labute approximate surface area is 117 Å². The molecular weight excluding hydrogens is 268 g/mol. The van der Waals surface area contributed by atoms with Crippen LogP contribution < -0.4 is 5.32 Å². The van der Waals surface area contributed by atoms with Gasteiger partial charge in [0.05, 0.1) is 13.2 Å². The van der Waals surface area contributed by atoms with Gasteiger partial charge in [-0.1, -0.05) is 17.7 Å². The average molecular weight is 285 g/mol. The molecule has 6 heteroatoms. The number of carbonyl (C=O) groups is 1. The summed E-state index contributed by atoms with van der Waals surface area (Å²) in [7, 11) is 0. The fourth-order valence-corrected chi connectivity index (χ4v) is 2.00. The second-order valence-electron chi connectivity index (χ2n) is 4.23. The van der Waals surface area contributed by atoms with Gasteiger partial charge in [0, 0.05) is 30.3 Å². The first-order chi connectivity index (χ1) is 9.24. The van der Waals surface area contributed by atoms with Crippen LogP contribution in [0.15, 0.2) is 24.3 Å².